The maximum atomic E-state index is 12.9. The van der Waals surface area contributed by atoms with Gasteiger partial charge in [-0.15, -0.1) is 0 Å². The Bertz CT molecular complexity index is 984. The molecular formula is C20H16F3N3O2. The first-order valence-corrected chi connectivity index (χ1v) is 8.72. The van der Waals surface area contributed by atoms with Crippen molar-refractivity contribution in [2.75, 3.05) is 6.54 Å². The Morgan fingerprint density at radius 1 is 1.11 bits per heavy atom. The molecule has 8 heteroatoms. The molecule has 1 aliphatic heterocycles. The van der Waals surface area contributed by atoms with Gasteiger partial charge < -0.3 is 9.42 Å². The second kappa shape index (κ2) is 6.78. The normalized spacial score (nSPS) is 19.4. The van der Waals surface area contributed by atoms with Gasteiger partial charge >= 0.3 is 12.1 Å². The highest BCUT2D eigenvalue weighted by Gasteiger charge is 2.40. The van der Waals surface area contributed by atoms with Crippen molar-refractivity contribution >= 4 is 5.91 Å². The summed E-state index contributed by atoms with van der Waals surface area (Å²) in [4.78, 5) is 18.0. The summed E-state index contributed by atoms with van der Waals surface area (Å²) in [5.41, 5.74) is 1.88. The van der Waals surface area contributed by atoms with E-state index in [0.29, 0.717) is 23.6 Å². The molecule has 5 nitrogen and oxygen atoms in total. The van der Waals surface area contributed by atoms with E-state index >= 15 is 0 Å². The predicted octanol–water partition coefficient (Wildman–Crippen LogP) is 4.59. The maximum absolute atomic E-state index is 12.9. The van der Waals surface area contributed by atoms with Crippen LogP contribution in [-0.2, 0) is 6.18 Å². The van der Waals surface area contributed by atoms with Crippen LogP contribution in [0.25, 0.3) is 11.4 Å². The molecule has 144 valence electrons. The summed E-state index contributed by atoms with van der Waals surface area (Å²) in [6.45, 7) is 2.75. The average molecular weight is 387 g/mol. The molecule has 1 saturated heterocycles. The number of carbonyl (C=O) groups excluding carboxylic acids is 1. The number of benzene rings is 2. The van der Waals surface area contributed by atoms with Crippen molar-refractivity contribution in [1.82, 2.24) is 15.0 Å². The topological polar surface area (TPSA) is 59.2 Å². The minimum atomic E-state index is -4.69. The van der Waals surface area contributed by atoms with Gasteiger partial charge in [0.1, 0.15) is 0 Å². The molecule has 1 fully saturated rings. The highest BCUT2D eigenvalue weighted by Crippen LogP contribution is 2.39. The van der Waals surface area contributed by atoms with Crippen LogP contribution in [0.2, 0.25) is 0 Å². The smallest absolute Gasteiger partial charge is 0.331 e. The van der Waals surface area contributed by atoms with Crippen LogP contribution < -0.4 is 0 Å². The largest absolute Gasteiger partial charge is 0.471 e. The van der Waals surface area contributed by atoms with Gasteiger partial charge in [-0.25, -0.2) is 0 Å². The lowest BCUT2D eigenvalue weighted by atomic mass is 9.84. The second-order valence-electron chi connectivity index (χ2n) is 6.79. The first kappa shape index (κ1) is 18.2. The number of alkyl halides is 3. The van der Waals surface area contributed by atoms with Crippen molar-refractivity contribution in [2.24, 2.45) is 5.92 Å². The van der Waals surface area contributed by atoms with Crippen molar-refractivity contribution in [2.45, 2.75) is 19.1 Å². The number of amides is 1. The third-order valence-corrected chi connectivity index (χ3v) is 4.82. The molecule has 0 N–H and O–H groups in total. The third kappa shape index (κ3) is 3.26. The van der Waals surface area contributed by atoms with E-state index in [-0.39, 0.29) is 17.8 Å². The Morgan fingerprint density at radius 3 is 2.36 bits per heavy atom. The van der Waals surface area contributed by atoms with Crippen LogP contribution in [0.5, 0.6) is 0 Å². The molecule has 1 aliphatic rings. The number of aromatic nitrogens is 2. The van der Waals surface area contributed by atoms with Gasteiger partial charge in [-0.3, -0.25) is 4.79 Å². The number of carbonyl (C=O) groups is 1. The lowest BCUT2D eigenvalue weighted by Crippen LogP contribution is -2.51. The zero-order valence-electron chi connectivity index (χ0n) is 14.8. The fourth-order valence-electron chi connectivity index (χ4n) is 3.44. The van der Waals surface area contributed by atoms with Crippen LogP contribution >= 0.6 is 0 Å². The molecule has 2 aromatic carbocycles. The van der Waals surface area contributed by atoms with Gasteiger partial charge in [-0.2, -0.15) is 18.2 Å². The Morgan fingerprint density at radius 2 is 1.79 bits per heavy atom. The Kier molecular flexibility index (Phi) is 4.41. The number of hydrogen-bond acceptors (Lipinski definition) is 4. The van der Waals surface area contributed by atoms with Crippen LogP contribution in [0.3, 0.4) is 0 Å². The number of halogens is 3. The van der Waals surface area contributed by atoms with Gasteiger partial charge in [-0.05, 0) is 23.6 Å². The van der Waals surface area contributed by atoms with Crippen molar-refractivity contribution < 1.29 is 22.5 Å². The Hall–Kier alpha value is -3.16. The van der Waals surface area contributed by atoms with E-state index in [1.807, 2.05) is 30.3 Å². The molecule has 0 aliphatic carbocycles. The quantitative estimate of drug-likeness (QED) is 0.660. The Balaban J connectivity index is 1.52. The van der Waals surface area contributed by atoms with Gasteiger partial charge in [0, 0.05) is 17.7 Å². The summed E-state index contributed by atoms with van der Waals surface area (Å²) in [6.07, 6.45) is -4.69. The zero-order chi connectivity index (χ0) is 19.9. The predicted molar refractivity (Wildman–Crippen MR) is 94.1 cm³/mol. The molecule has 1 aromatic heterocycles. The fourth-order valence-corrected chi connectivity index (χ4v) is 3.44. The molecule has 0 radical (unpaired) electrons. The van der Waals surface area contributed by atoms with E-state index < -0.39 is 12.1 Å². The zero-order valence-corrected chi connectivity index (χ0v) is 14.8. The molecule has 0 unspecified atom stereocenters. The maximum Gasteiger partial charge on any atom is 0.471 e. The number of likely N-dealkylation sites (tertiary alicyclic amines) is 1. The SMILES string of the molecule is C[C@@H]1CN(C(=O)c2ccc(-c3noc(C(F)(F)F)n3)cc2)[C@@H]1c1ccccc1. The van der Waals surface area contributed by atoms with Crippen LogP contribution in [0.15, 0.2) is 59.1 Å². The van der Waals surface area contributed by atoms with Gasteiger partial charge in [0.2, 0.25) is 5.82 Å². The van der Waals surface area contributed by atoms with E-state index in [9.17, 15) is 18.0 Å². The molecular weight excluding hydrogens is 371 g/mol. The molecule has 0 spiro atoms. The molecule has 4 rings (SSSR count). The highest BCUT2D eigenvalue weighted by atomic mass is 19.4. The standard InChI is InChI=1S/C20H16F3N3O2/c1-12-11-26(16(12)13-5-3-2-4-6-13)18(27)15-9-7-14(8-10-15)17-24-19(28-25-17)20(21,22)23/h2-10,12,16H,11H2,1H3/t12-,16+/m1/s1. The number of hydrogen-bond donors (Lipinski definition) is 0. The third-order valence-electron chi connectivity index (χ3n) is 4.82. The molecule has 0 bridgehead atoms. The van der Waals surface area contributed by atoms with Crippen molar-refractivity contribution in [3.8, 4) is 11.4 Å². The van der Waals surface area contributed by atoms with Gasteiger partial charge in [0.25, 0.3) is 5.91 Å². The summed E-state index contributed by atoms with van der Waals surface area (Å²) in [7, 11) is 0. The lowest BCUT2D eigenvalue weighted by molar-refractivity contribution is -0.159. The number of rotatable bonds is 3. The minimum Gasteiger partial charge on any atom is -0.331 e. The van der Waals surface area contributed by atoms with Crippen LogP contribution in [0, 0.1) is 5.92 Å². The Labute approximate surface area is 158 Å². The average Bonchev–Trinajstić information content (AvgIpc) is 3.17. The summed E-state index contributed by atoms with van der Waals surface area (Å²) in [5, 5.41) is 3.35. The second-order valence-corrected chi connectivity index (χ2v) is 6.79. The molecule has 0 saturated carbocycles. The van der Waals surface area contributed by atoms with E-state index in [4.69, 9.17) is 0 Å². The van der Waals surface area contributed by atoms with E-state index in [1.54, 1.807) is 17.0 Å². The van der Waals surface area contributed by atoms with Crippen molar-refractivity contribution in [1.29, 1.82) is 0 Å². The summed E-state index contributed by atoms with van der Waals surface area (Å²) < 4.78 is 42.0. The van der Waals surface area contributed by atoms with E-state index in [1.165, 1.54) is 12.1 Å². The molecule has 28 heavy (non-hydrogen) atoms. The highest BCUT2D eigenvalue weighted by molar-refractivity contribution is 5.95. The van der Waals surface area contributed by atoms with Crippen molar-refractivity contribution in [3.63, 3.8) is 0 Å². The summed E-state index contributed by atoms with van der Waals surface area (Å²) in [5.74, 6) is -1.35. The van der Waals surface area contributed by atoms with Crippen LogP contribution in [0.4, 0.5) is 13.2 Å². The lowest BCUT2D eigenvalue weighted by Gasteiger charge is -2.47. The first-order valence-electron chi connectivity index (χ1n) is 8.72. The summed E-state index contributed by atoms with van der Waals surface area (Å²) in [6, 6.07) is 16.0. The molecule has 3 aromatic rings. The fraction of sp³-hybridized carbons (Fsp3) is 0.250. The molecule has 1 amide bonds. The monoisotopic (exact) mass is 387 g/mol. The minimum absolute atomic E-state index is 0.0138. The first-order chi connectivity index (χ1) is 13.3. The van der Waals surface area contributed by atoms with Gasteiger partial charge in [0.05, 0.1) is 6.04 Å². The molecule has 2 heterocycles. The number of nitrogens with zero attached hydrogens (tertiary/aromatic N) is 3. The van der Waals surface area contributed by atoms with Gasteiger partial charge in [0.15, 0.2) is 0 Å². The van der Waals surface area contributed by atoms with Crippen molar-refractivity contribution in [3.05, 3.63) is 71.6 Å². The van der Waals surface area contributed by atoms with Crippen LogP contribution in [0.1, 0.15) is 34.8 Å². The summed E-state index contributed by atoms with van der Waals surface area (Å²) >= 11 is 0. The van der Waals surface area contributed by atoms with Gasteiger partial charge in [-0.1, -0.05) is 54.5 Å². The molecule has 2 atom stereocenters. The van der Waals surface area contributed by atoms with Crippen LogP contribution in [-0.4, -0.2) is 27.5 Å². The van der Waals surface area contributed by atoms with E-state index in [2.05, 4.69) is 21.6 Å². The van der Waals surface area contributed by atoms with E-state index in [0.717, 1.165) is 5.56 Å².